The van der Waals surface area contributed by atoms with Crippen molar-refractivity contribution in [2.45, 2.75) is 45.4 Å². The first-order valence-corrected chi connectivity index (χ1v) is 9.69. The maximum absolute atomic E-state index is 9.89. The summed E-state index contributed by atoms with van der Waals surface area (Å²) < 4.78 is 0. The summed E-state index contributed by atoms with van der Waals surface area (Å²) in [6.07, 6.45) is 10.8. The number of aryl methyl sites for hydroxylation is 2. The number of carbonyl (C=O) groups is 1. The predicted octanol–water partition coefficient (Wildman–Crippen LogP) is 0.895. The summed E-state index contributed by atoms with van der Waals surface area (Å²) >= 11 is 0. The number of hydrogen-bond donors (Lipinski definition) is 3. The maximum atomic E-state index is 9.89. The molecule has 0 unspecified atom stereocenters. The number of carboxylic acids is 1. The number of nitrogens with two attached hydrogens (primary N) is 1. The topological polar surface area (TPSA) is 101 Å². The Morgan fingerprint density at radius 2 is 2.14 bits per heavy atom. The Bertz CT molecular complexity index is 606. The van der Waals surface area contributed by atoms with Crippen LogP contribution >= 0.6 is 0 Å². The molecule has 0 amide bonds. The van der Waals surface area contributed by atoms with Crippen molar-refractivity contribution in [3.63, 3.8) is 0 Å². The van der Waals surface area contributed by atoms with Crippen LogP contribution in [0.3, 0.4) is 0 Å². The van der Waals surface area contributed by atoms with Crippen LogP contribution in [-0.2, 0) is 17.6 Å². The minimum Gasteiger partial charge on any atom is -0.481 e. The van der Waals surface area contributed by atoms with Crippen LogP contribution < -0.4 is 29.9 Å². The molecule has 0 fully saturated rings. The number of rotatable bonds is 7. The summed E-state index contributed by atoms with van der Waals surface area (Å²) in [5.74, 6) is 0.0489. The Kier molecular flexibility index (Phi) is 19.8. The summed E-state index contributed by atoms with van der Waals surface area (Å²) in [5.41, 5.74) is 7.54. The van der Waals surface area contributed by atoms with E-state index >= 15 is 0 Å². The molecule has 6 nitrogen and oxygen atoms in total. The summed E-state index contributed by atoms with van der Waals surface area (Å²) in [4.78, 5) is 18.3. The fraction of sp³-hybridized carbons (Fsp3) is 0.455. The first kappa shape index (κ1) is 29.4. The van der Waals surface area contributed by atoms with Gasteiger partial charge in [-0.25, -0.2) is 4.98 Å². The number of anilines is 1. The standard InChI is InChI=1S/C12H17N2.C5H9N2.C5H9O2.Li/c1-2-3-6-11-8-7-10-5-4-9-13-12(10)14-11;1-2-7-5-3-4-6;1-3-4(2)5(6)7;/h7-8H,1-6,9H2,(H,13,14);3-5H,1-2,6H2;4H,1,3H2,2H3,(H,6,7);/q3*-1;+1/b;4-3-,7-5?;;/t;;4-;/m..0./s1. The number of nitrogens with zero attached hydrogens (tertiary/aromatic N) is 2. The van der Waals surface area contributed by atoms with Gasteiger partial charge < -0.3 is 41.9 Å². The number of hydrogen-bond acceptors (Lipinski definition) is 5. The maximum Gasteiger partial charge on any atom is 1.00 e. The molecule has 0 saturated heterocycles. The summed E-state index contributed by atoms with van der Waals surface area (Å²) in [7, 11) is 0. The van der Waals surface area contributed by atoms with Gasteiger partial charge in [0, 0.05) is 24.4 Å². The van der Waals surface area contributed by atoms with Crippen molar-refractivity contribution in [2.75, 3.05) is 18.4 Å². The molecule has 1 aliphatic rings. The van der Waals surface area contributed by atoms with Crippen molar-refractivity contribution in [3.05, 3.63) is 56.4 Å². The summed E-state index contributed by atoms with van der Waals surface area (Å²) in [6.45, 7) is 14.0. The number of carboxylic acid groups (broad SMARTS) is 1. The number of allylic oxidation sites excluding steroid dienone is 1. The molecule has 0 aliphatic carbocycles. The fourth-order valence-electron chi connectivity index (χ4n) is 2.12. The van der Waals surface area contributed by atoms with E-state index in [2.05, 4.69) is 48.2 Å². The van der Waals surface area contributed by atoms with Crippen molar-refractivity contribution < 1.29 is 28.8 Å². The van der Waals surface area contributed by atoms with E-state index in [1.807, 2.05) is 0 Å². The van der Waals surface area contributed by atoms with E-state index in [4.69, 9.17) is 10.8 Å². The third-order valence-corrected chi connectivity index (χ3v) is 3.92. The smallest absolute Gasteiger partial charge is 0.481 e. The molecular weight excluding hydrogens is 359 g/mol. The Labute approximate surface area is 188 Å². The molecule has 1 aromatic heterocycles. The first-order valence-electron chi connectivity index (χ1n) is 9.69. The van der Waals surface area contributed by atoms with Crippen LogP contribution in [0.1, 0.15) is 43.9 Å². The number of nitrogens with one attached hydrogen (secondary N) is 1. The Morgan fingerprint density at radius 1 is 1.41 bits per heavy atom. The largest absolute Gasteiger partial charge is 1.00 e. The van der Waals surface area contributed by atoms with Crippen LogP contribution in [0.2, 0.25) is 0 Å². The van der Waals surface area contributed by atoms with Gasteiger partial charge in [-0.1, -0.05) is 26.0 Å². The Morgan fingerprint density at radius 3 is 2.66 bits per heavy atom. The minimum atomic E-state index is -0.769. The molecule has 29 heavy (non-hydrogen) atoms. The second kappa shape index (κ2) is 19.5. The summed E-state index contributed by atoms with van der Waals surface area (Å²) in [5, 5.41) is 11.5. The molecule has 158 valence electrons. The van der Waals surface area contributed by atoms with Crippen molar-refractivity contribution >= 4 is 18.0 Å². The van der Waals surface area contributed by atoms with E-state index in [-0.39, 0.29) is 24.8 Å². The van der Waals surface area contributed by atoms with Gasteiger partial charge in [0.15, 0.2) is 0 Å². The molecule has 1 aliphatic heterocycles. The second-order valence-electron chi connectivity index (χ2n) is 6.27. The molecule has 1 aromatic rings. The number of aliphatic imine (C=N–C) groups is 1. The van der Waals surface area contributed by atoms with E-state index < -0.39 is 5.97 Å². The zero-order chi connectivity index (χ0) is 21.2. The van der Waals surface area contributed by atoms with Crippen LogP contribution in [0.4, 0.5) is 5.82 Å². The number of aromatic nitrogens is 1. The van der Waals surface area contributed by atoms with Crippen molar-refractivity contribution in [2.24, 2.45) is 16.6 Å². The average molecular weight is 394 g/mol. The van der Waals surface area contributed by atoms with E-state index in [0.717, 1.165) is 31.6 Å². The fourth-order valence-corrected chi connectivity index (χ4v) is 2.12. The van der Waals surface area contributed by atoms with Crippen LogP contribution in [0.15, 0.2) is 29.4 Å². The van der Waals surface area contributed by atoms with Crippen LogP contribution in [0, 0.1) is 26.7 Å². The monoisotopic (exact) mass is 394 g/mol. The SMILES string of the molecule is [CH2-]CCCc1ccc2c(n1)NCCC2.[CH2-]CN=C/C=C\N.[CH2-]C[C@H](C)C(=O)O.[Li+]. The van der Waals surface area contributed by atoms with Gasteiger partial charge in [0.2, 0.25) is 0 Å². The van der Waals surface area contributed by atoms with Gasteiger partial charge in [-0.05, 0) is 43.2 Å². The third kappa shape index (κ3) is 14.8. The molecule has 7 heteroatoms. The molecule has 0 saturated carbocycles. The van der Waals surface area contributed by atoms with Gasteiger partial charge in [0.1, 0.15) is 5.82 Å². The van der Waals surface area contributed by atoms with Crippen molar-refractivity contribution in [1.29, 1.82) is 0 Å². The number of aliphatic carboxylic acids is 1. The quantitative estimate of drug-likeness (QED) is 0.362. The number of pyridine rings is 1. The molecule has 0 aromatic carbocycles. The molecule has 1 atom stereocenters. The van der Waals surface area contributed by atoms with Crippen LogP contribution in [0.5, 0.6) is 0 Å². The average Bonchev–Trinajstić information content (AvgIpc) is 2.72. The Balaban J connectivity index is 0. The zero-order valence-corrected chi connectivity index (χ0v) is 18.1. The van der Waals surface area contributed by atoms with Crippen LogP contribution in [-0.4, -0.2) is 35.4 Å². The molecule has 0 spiro atoms. The first-order chi connectivity index (χ1) is 13.5. The van der Waals surface area contributed by atoms with Gasteiger partial charge in [-0.15, -0.1) is 0 Å². The van der Waals surface area contributed by atoms with Gasteiger partial charge >= 0.3 is 24.8 Å². The number of unbranched alkanes of at least 4 members (excludes halogenated alkanes) is 1. The van der Waals surface area contributed by atoms with Gasteiger partial charge in [-0.3, -0.25) is 4.79 Å². The van der Waals surface area contributed by atoms with Gasteiger partial charge in [-0.2, -0.15) is 12.8 Å². The molecule has 2 rings (SSSR count). The molecule has 0 radical (unpaired) electrons. The normalized spacial score (nSPS) is 13.1. The van der Waals surface area contributed by atoms with Crippen LogP contribution in [0.25, 0.3) is 0 Å². The van der Waals surface area contributed by atoms with E-state index in [1.54, 1.807) is 19.2 Å². The molecular formula is C22H35LiN4O2-2. The van der Waals surface area contributed by atoms with Gasteiger partial charge in [0.05, 0.1) is 0 Å². The number of fused-ring (bicyclic) bond motifs is 1. The molecule has 2 heterocycles. The third-order valence-electron chi connectivity index (χ3n) is 3.92. The van der Waals surface area contributed by atoms with E-state index in [9.17, 15) is 4.79 Å². The zero-order valence-electron chi connectivity index (χ0n) is 18.1. The van der Waals surface area contributed by atoms with E-state index in [0.29, 0.717) is 13.0 Å². The predicted molar refractivity (Wildman–Crippen MR) is 118 cm³/mol. The molecule has 0 bridgehead atoms. The second-order valence-corrected chi connectivity index (χ2v) is 6.27. The molecule has 4 N–H and O–H groups in total. The van der Waals surface area contributed by atoms with Crippen molar-refractivity contribution in [3.8, 4) is 0 Å². The summed E-state index contributed by atoms with van der Waals surface area (Å²) in [6, 6.07) is 4.37. The van der Waals surface area contributed by atoms with E-state index in [1.165, 1.54) is 30.3 Å². The minimum absolute atomic E-state index is 0. The van der Waals surface area contributed by atoms with Crippen molar-refractivity contribution in [1.82, 2.24) is 4.98 Å². The Hall–Kier alpha value is -1.77. The van der Waals surface area contributed by atoms with Gasteiger partial charge in [0.25, 0.3) is 0 Å².